The number of nitrogens with one attached hydrogen (secondary N) is 1. The van der Waals surface area contributed by atoms with Gasteiger partial charge in [-0.3, -0.25) is 4.40 Å². The number of anilines is 1. The molecule has 0 fully saturated rings. The standard InChI is InChI=1S/C11H17N5O/c1-7(17)11(3,4)13-9-10-15-14-8(2)16(10)6-5-12-9/h5-7,17H,1-4H3,(H,12,13). The summed E-state index contributed by atoms with van der Waals surface area (Å²) in [5.74, 6) is 1.43. The van der Waals surface area contributed by atoms with Gasteiger partial charge in [-0.2, -0.15) is 0 Å². The van der Waals surface area contributed by atoms with Crippen molar-refractivity contribution in [2.75, 3.05) is 5.32 Å². The van der Waals surface area contributed by atoms with E-state index >= 15 is 0 Å². The van der Waals surface area contributed by atoms with Crippen LogP contribution in [0.3, 0.4) is 0 Å². The van der Waals surface area contributed by atoms with Crippen molar-refractivity contribution < 1.29 is 5.11 Å². The minimum absolute atomic E-state index is 0.477. The number of hydrogen-bond donors (Lipinski definition) is 2. The van der Waals surface area contributed by atoms with Crippen LogP contribution in [0.5, 0.6) is 0 Å². The summed E-state index contributed by atoms with van der Waals surface area (Å²) in [5, 5.41) is 20.9. The minimum Gasteiger partial charge on any atom is -0.391 e. The molecule has 2 aromatic rings. The van der Waals surface area contributed by atoms with Crippen LogP contribution in [0, 0.1) is 6.92 Å². The van der Waals surface area contributed by atoms with Crippen molar-refractivity contribution in [1.29, 1.82) is 0 Å². The monoisotopic (exact) mass is 235 g/mol. The molecule has 1 atom stereocenters. The van der Waals surface area contributed by atoms with E-state index in [1.807, 2.05) is 31.4 Å². The molecule has 17 heavy (non-hydrogen) atoms. The molecule has 1 unspecified atom stereocenters. The molecule has 0 spiro atoms. The zero-order chi connectivity index (χ0) is 12.6. The Morgan fingerprint density at radius 1 is 1.41 bits per heavy atom. The molecule has 0 bridgehead atoms. The van der Waals surface area contributed by atoms with Crippen molar-refractivity contribution in [2.45, 2.75) is 39.3 Å². The molecule has 2 heterocycles. The van der Waals surface area contributed by atoms with Crippen molar-refractivity contribution >= 4 is 11.5 Å². The summed E-state index contributed by atoms with van der Waals surface area (Å²) in [6.07, 6.45) is 2.99. The zero-order valence-corrected chi connectivity index (χ0v) is 10.5. The van der Waals surface area contributed by atoms with Crippen LogP contribution in [-0.4, -0.2) is 36.3 Å². The first-order valence-electron chi connectivity index (χ1n) is 5.54. The average molecular weight is 235 g/mol. The van der Waals surface area contributed by atoms with Gasteiger partial charge in [0.05, 0.1) is 11.6 Å². The molecule has 2 N–H and O–H groups in total. The Hall–Kier alpha value is -1.69. The highest BCUT2D eigenvalue weighted by Gasteiger charge is 2.25. The average Bonchev–Trinajstić information content (AvgIpc) is 2.61. The summed E-state index contributed by atoms with van der Waals surface area (Å²) in [5.41, 5.74) is 0.188. The lowest BCUT2D eigenvalue weighted by molar-refractivity contribution is 0.133. The van der Waals surface area contributed by atoms with Gasteiger partial charge in [-0.15, -0.1) is 10.2 Å². The summed E-state index contributed by atoms with van der Waals surface area (Å²) in [7, 11) is 0. The summed E-state index contributed by atoms with van der Waals surface area (Å²) < 4.78 is 1.85. The van der Waals surface area contributed by atoms with Crippen molar-refractivity contribution in [3.63, 3.8) is 0 Å². The van der Waals surface area contributed by atoms with Crippen molar-refractivity contribution in [2.24, 2.45) is 0 Å². The Morgan fingerprint density at radius 2 is 2.12 bits per heavy atom. The lowest BCUT2D eigenvalue weighted by atomic mass is 9.99. The second kappa shape index (κ2) is 3.96. The third-order valence-corrected chi connectivity index (χ3v) is 2.98. The van der Waals surface area contributed by atoms with E-state index in [9.17, 15) is 5.11 Å². The number of hydrogen-bond acceptors (Lipinski definition) is 5. The van der Waals surface area contributed by atoms with Gasteiger partial charge in [0.1, 0.15) is 5.82 Å². The first kappa shape index (κ1) is 11.8. The van der Waals surface area contributed by atoms with E-state index in [1.54, 1.807) is 13.1 Å². The van der Waals surface area contributed by atoms with Crippen molar-refractivity contribution in [3.05, 3.63) is 18.2 Å². The maximum Gasteiger partial charge on any atom is 0.203 e. The molecule has 0 radical (unpaired) electrons. The van der Waals surface area contributed by atoms with Gasteiger partial charge < -0.3 is 10.4 Å². The second-order valence-electron chi connectivity index (χ2n) is 4.74. The maximum absolute atomic E-state index is 9.69. The zero-order valence-electron chi connectivity index (χ0n) is 10.5. The Morgan fingerprint density at radius 3 is 2.76 bits per heavy atom. The van der Waals surface area contributed by atoms with E-state index in [4.69, 9.17) is 0 Å². The molecule has 6 heteroatoms. The van der Waals surface area contributed by atoms with E-state index in [2.05, 4.69) is 20.5 Å². The van der Waals surface area contributed by atoms with Crippen LogP contribution in [0.2, 0.25) is 0 Å². The third kappa shape index (κ3) is 2.08. The molecule has 0 amide bonds. The SMILES string of the molecule is Cc1nnc2c(NC(C)(C)C(C)O)nccn12. The van der Waals surface area contributed by atoms with Gasteiger partial charge in [-0.05, 0) is 27.7 Å². The van der Waals surface area contributed by atoms with Gasteiger partial charge in [-0.1, -0.05) is 0 Å². The van der Waals surface area contributed by atoms with Gasteiger partial charge in [0.2, 0.25) is 5.65 Å². The highest BCUT2D eigenvalue weighted by Crippen LogP contribution is 2.19. The third-order valence-electron chi connectivity index (χ3n) is 2.98. The Labute approximate surface area is 99.7 Å². The quantitative estimate of drug-likeness (QED) is 0.830. The van der Waals surface area contributed by atoms with Gasteiger partial charge in [0, 0.05) is 12.4 Å². The summed E-state index contributed by atoms with van der Waals surface area (Å²) >= 11 is 0. The fraction of sp³-hybridized carbons (Fsp3) is 0.545. The van der Waals surface area contributed by atoms with E-state index in [-0.39, 0.29) is 0 Å². The number of rotatable bonds is 3. The number of aliphatic hydroxyl groups excluding tert-OH is 1. The molecule has 0 aromatic carbocycles. The summed E-state index contributed by atoms with van der Waals surface area (Å²) in [4.78, 5) is 4.24. The number of aromatic nitrogens is 4. The number of fused-ring (bicyclic) bond motifs is 1. The molecule has 2 rings (SSSR count). The molecule has 92 valence electrons. The van der Waals surface area contributed by atoms with Crippen LogP contribution in [0.1, 0.15) is 26.6 Å². The van der Waals surface area contributed by atoms with Crippen LogP contribution in [-0.2, 0) is 0 Å². The van der Waals surface area contributed by atoms with Gasteiger partial charge in [-0.25, -0.2) is 4.98 Å². The number of aryl methyl sites for hydroxylation is 1. The fourth-order valence-electron chi connectivity index (χ4n) is 1.44. The van der Waals surface area contributed by atoms with Gasteiger partial charge >= 0.3 is 0 Å². The van der Waals surface area contributed by atoms with Crippen LogP contribution < -0.4 is 5.32 Å². The van der Waals surface area contributed by atoms with Crippen LogP contribution in [0.25, 0.3) is 5.65 Å². The van der Waals surface area contributed by atoms with Crippen molar-refractivity contribution in [3.8, 4) is 0 Å². The Kier molecular flexibility index (Phi) is 2.74. The number of nitrogens with zero attached hydrogens (tertiary/aromatic N) is 4. The van der Waals surface area contributed by atoms with E-state index < -0.39 is 11.6 Å². The van der Waals surface area contributed by atoms with Gasteiger partial charge in [0.25, 0.3) is 0 Å². The predicted octanol–water partition coefficient (Wildman–Crippen LogP) is 1.00. The van der Waals surface area contributed by atoms with Crippen LogP contribution in [0.4, 0.5) is 5.82 Å². The second-order valence-corrected chi connectivity index (χ2v) is 4.74. The molecule has 2 aromatic heterocycles. The van der Waals surface area contributed by atoms with Gasteiger partial charge in [0.15, 0.2) is 5.82 Å². The lowest BCUT2D eigenvalue weighted by Crippen LogP contribution is -2.42. The topological polar surface area (TPSA) is 75.3 Å². The highest BCUT2D eigenvalue weighted by atomic mass is 16.3. The summed E-state index contributed by atoms with van der Waals surface area (Å²) in [6.45, 7) is 7.43. The molecular weight excluding hydrogens is 218 g/mol. The number of aliphatic hydroxyl groups is 1. The van der Waals surface area contributed by atoms with E-state index in [0.717, 1.165) is 5.82 Å². The van der Waals surface area contributed by atoms with Crippen molar-refractivity contribution in [1.82, 2.24) is 19.6 Å². The molecule has 0 aliphatic carbocycles. The van der Waals surface area contributed by atoms with E-state index in [0.29, 0.717) is 11.5 Å². The molecular formula is C11H17N5O. The Balaban J connectivity index is 2.43. The molecule has 6 nitrogen and oxygen atoms in total. The first-order chi connectivity index (χ1) is 7.92. The van der Waals surface area contributed by atoms with Crippen LogP contribution >= 0.6 is 0 Å². The first-order valence-corrected chi connectivity index (χ1v) is 5.54. The normalized spacial score (nSPS) is 13.9. The highest BCUT2D eigenvalue weighted by molar-refractivity contribution is 5.63. The molecule has 0 aliphatic heterocycles. The van der Waals surface area contributed by atoms with E-state index in [1.165, 1.54) is 0 Å². The minimum atomic E-state index is -0.506. The Bertz CT molecular complexity index is 532. The molecule has 0 saturated carbocycles. The lowest BCUT2D eigenvalue weighted by Gasteiger charge is -2.29. The summed E-state index contributed by atoms with van der Waals surface area (Å²) in [6, 6.07) is 0. The fourth-order valence-corrected chi connectivity index (χ4v) is 1.44. The largest absolute Gasteiger partial charge is 0.391 e. The predicted molar refractivity (Wildman–Crippen MR) is 64.9 cm³/mol. The van der Waals surface area contributed by atoms with Crippen LogP contribution in [0.15, 0.2) is 12.4 Å². The molecule has 0 aliphatic rings. The maximum atomic E-state index is 9.69. The smallest absolute Gasteiger partial charge is 0.203 e. The molecule has 0 saturated heterocycles.